The van der Waals surface area contributed by atoms with Gasteiger partial charge in [-0.25, -0.2) is 15.0 Å². The fourth-order valence-electron chi connectivity index (χ4n) is 4.83. The molecule has 0 aliphatic carbocycles. The highest BCUT2D eigenvalue weighted by molar-refractivity contribution is 5.92. The topological polar surface area (TPSA) is 101 Å². The van der Waals surface area contributed by atoms with Gasteiger partial charge in [0.1, 0.15) is 5.69 Å². The molecule has 3 aromatic rings. The average molecular weight is 448 g/mol. The maximum absolute atomic E-state index is 12.8. The van der Waals surface area contributed by atoms with Gasteiger partial charge in [0.05, 0.1) is 23.1 Å². The van der Waals surface area contributed by atoms with Gasteiger partial charge in [0.15, 0.2) is 5.76 Å². The summed E-state index contributed by atoms with van der Waals surface area (Å²) in [7, 11) is 0. The van der Waals surface area contributed by atoms with Crippen molar-refractivity contribution in [1.82, 2.24) is 30.0 Å². The zero-order valence-electron chi connectivity index (χ0n) is 19.1. The van der Waals surface area contributed by atoms with E-state index in [1.54, 1.807) is 12.4 Å². The third-order valence-electron chi connectivity index (χ3n) is 6.59. The Balaban J connectivity index is 1.40. The summed E-state index contributed by atoms with van der Waals surface area (Å²) >= 11 is 0. The third-order valence-corrected chi connectivity index (χ3v) is 6.59. The van der Waals surface area contributed by atoms with Gasteiger partial charge in [0.2, 0.25) is 5.95 Å². The highest BCUT2D eigenvalue weighted by Crippen LogP contribution is 2.35. The van der Waals surface area contributed by atoms with Crippen LogP contribution in [0, 0.1) is 12.8 Å². The van der Waals surface area contributed by atoms with Crippen molar-refractivity contribution >= 4 is 11.9 Å². The van der Waals surface area contributed by atoms with Crippen molar-refractivity contribution in [1.29, 1.82) is 0 Å². The number of hydrogen-bond donors (Lipinski definition) is 0. The largest absolute Gasteiger partial charge is 0.356 e. The molecule has 2 fully saturated rings. The highest BCUT2D eigenvalue weighted by Gasteiger charge is 2.30. The van der Waals surface area contributed by atoms with Crippen molar-refractivity contribution < 1.29 is 9.32 Å². The van der Waals surface area contributed by atoms with Crippen molar-refractivity contribution in [3.8, 4) is 11.3 Å². The van der Waals surface area contributed by atoms with Crippen molar-refractivity contribution in [2.45, 2.75) is 45.4 Å². The van der Waals surface area contributed by atoms with E-state index in [2.05, 4.69) is 26.9 Å². The lowest BCUT2D eigenvalue weighted by molar-refractivity contribution is 0.0705. The first-order valence-electron chi connectivity index (χ1n) is 11.7. The Morgan fingerprint density at radius 1 is 1.09 bits per heavy atom. The Bertz CT molecular complexity index is 1110. The van der Waals surface area contributed by atoms with E-state index in [-0.39, 0.29) is 11.8 Å². The number of carbonyl (C=O) groups is 1. The van der Waals surface area contributed by atoms with E-state index >= 15 is 0 Å². The maximum Gasteiger partial charge on any atom is 0.274 e. The lowest BCUT2D eigenvalue weighted by atomic mass is 9.90. The minimum Gasteiger partial charge on any atom is -0.356 e. The molecule has 0 radical (unpaired) electrons. The predicted octanol–water partition coefficient (Wildman–Crippen LogP) is 3.49. The lowest BCUT2D eigenvalue weighted by Gasteiger charge is -2.34. The van der Waals surface area contributed by atoms with Gasteiger partial charge in [-0.05, 0) is 38.5 Å². The second-order valence-corrected chi connectivity index (χ2v) is 9.15. The molecule has 9 heteroatoms. The molecule has 0 spiro atoms. The van der Waals surface area contributed by atoms with Gasteiger partial charge >= 0.3 is 0 Å². The zero-order chi connectivity index (χ0) is 22.8. The number of likely N-dealkylation sites (tertiary alicyclic amines) is 1. The Kier molecular flexibility index (Phi) is 6.02. The molecule has 172 valence electrons. The zero-order valence-corrected chi connectivity index (χ0v) is 19.1. The van der Waals surface area contributed by atoms with Crippen LogP contribution < -0.4 is 4.90 Å². The SMILES string of the molecule is Cc1cc(-c2cnc(N3CCC[C@H](C)C3)nc2C2CCN(C(=O)c3cnccn3)CC2)on1. The molecule has 33 heavy (non-hydrogen) atoms. The lowest BCUT2D eigenvalue weighted by Crippen LogP contribution is -2.39. The maximum atomic E-state index is 12.8. The quantitative estimate of drug-likeness (QED) is 0.599. The summed E-state index contributed by atoms with van der Waals surface area (Å²) in [6.45, 7) is 7.45. The van der Waals surface area contributed by atoms with Gasteiger partial charge in [-0.2, -0.15) is 0 Å². The molecule has 1 atom stereocenters. The molecule has 0 bridgehead atoms. The standard InChI is InChI=1S/C24H29N7O2/c1-16-4-3-9-31(15-16)24-27-13-19(21-12-17(2)29-33-21)22(28-24)18-5-10-30(11-6-18)23(32)20-14-25-7-8-26-20/h7-8,12-14,16,18H,3-6,9-11,15H2,1-2H3/t16-/m0/s1. The van der Waals surface area contributed by atoms with Crippen LogP contribution in [0.15, 0.2) is 35.4 Å². The van der Waals surface area contributed by atoms with Crippen LogP contribution in [0.4, 0.5) is 5.95 Å². The molecule has 5 heterocycles. The van der Waals surface area contributed by atoms with Crippen LogP contribution in [0.1, 0.15) is 60.4 Å². The summed E-state index contributed by atoms with van der Waals surface area (Å²) in [5.41, 5.74) is 3.09. The molecular formula is C24H29N7O2. The second kappa shape index (κ2) is 9.25. The van der Waals surface area contributed by atoms with Crippen LogP contribution >= 0.6 is 0 Å². The first-order valence-corrected chi connectivity index (χ1v) is 11.7. The molecule has 2 aliphatic rings. The molecule has 2 saturated heterocycles. The summed E-state index contributed by atoms with van der Waals surface area (Å²) in [5, 5.41) is 4.06. The fraction of sp³-hybridized carbons (Fsp3) is 0.500. The van der Waals surface area contributed by atoms with Gasteiger partial charge in [-0.1, -0.05) is 12.1 Å². The van der Waals surface area contributed by atoms with Crippen LogP contribution in [0.2, 0.25) is 0 Å². The van der Waals surface area contributed by atoms with Crippen LogP contribution in [0.3, 0.4) is 0 Å². The number of rotatable bonds is 4. The molecular weight excluding hydrogens is 418 g/mol. The Hall–Kier alpha value is -3.36. The van der Waals surface area contributed by atoms with E-state index in [4.69, 9.17) is 14.5 Å². The van der Waals surface area contributed by atoms with Crippen LogP contribution in [-0.4, -0.2) is 62.1 Å². The summed E-state index contributed by atoms with van der Waals surface area (Å²) in [5.74, 6) is 2.25. The monoisotopic (exact) mass is 447 g/mol. The third kappa shape index (κ3) is 4.58. The second-order valence-electron chi connectivity index (χ2n) is 9.15. The van der Waals surface area contributed by atoms with E-state index in [9.17, 15) is 4.79 Å². The van der Waals surface area contributed by atoms with E-state index in [1.165, 1.54) is 12.6 Å². The van der Waals surface area contributed by atoms with Gasteiger partial charge in [0, 0.05) is 56.8 Å². The first-order chi connectivity index (χ1) is 16.1. The number of piperidine rings is 2. The number of nitrogens with zero attached hydrogens (tertiary/aromatic N) is 7. The normalized spacial score (nSPS) is 19.6. The molecule has 2 aliphatic heterocycles. The number of carbonyl (C=O) groups excluding carboxylic acids is 1. The van der Waals surface area contributed by atoms with E-state index < -0.39 is 0 Å². The molecule has 5 rings (SSSR count). The predicted molar refractivity (Wildman–Crippen MR) is 123 cm³/mol. The van der Waals surface area contributed by atoms with Crippen molar-refractivity contribution in [3.63, 3.8) is 0 Å². The van der Waals surface area contributed by atoms with Crippen molar-refractivity contribution in [2.24, 2.45) is 5.92 Å². The van der Waals surface area contributed by atoms with E-state index in [0.29, 0.717) is 30.5 Å². The fourth-order valence-corrected chi connectivity index (χ4v) is 4.83. The van der Waals surface area contributed by atoms with Gasteiger partial charge < -0.3 is 14.3 Å². The number of anilines is 1. The Morgan fingerprint density at radius 3 is 2.64 bits per heavy atom. The Morgan fingerprint density at radius 2 is 1.94 bits per heavy atom. The molecule has 0 N–H and O–H groups in total. The van der Waals surface area contributed by atoms with Gasteiger partial charge in [0.25, 0.3) is 5.91 Å². The molecule has 3 aromatic heterocycles. The summed E-state index contributed by atoms with van der Waals surface area (Å²) in [4.78, 5) is 34.9. The van der Waals surface area contributed by atoms with Crippen LogP contribution in [-0.2, 0) is 0 Å². The van der Waals surface area contributed by atoms with Crippen LogP contribution in [0.25, 0.3) is 11.3 Å². The minimum atomic E-state index is -0.0710. The smallest absolute Gasteiger partial charge is 0.274 e. The van der Waals surface area contributed by atoms with Crippen LogP contribution in [0.5, 0.6) is 0 Å². The minimum absolute atomic E-state index is 0.0710. The summed E-state index contributed by atoms with van der Waals surface area (Å²) in [6.07, 6.45) is 10.6. The summed E-state index contributed by atoms with van der Waals surface area (Å²) in [6, 6.07) is 1.93. The van der Waals surface area contributed by atoms with Crippen molar-refractivity contribution in [3.05, 3.63) is 47.9 Å². The van der Waals surface area contributed by atoms with E-state index in [0.717, 1.165) is 55.3 Å². The molecule has 9 nitrogen and oxygen atoms in total. The van der Waals surface area contributed by atoms with Gasteiger partial charge in [-0.15, -0.1) is 0 Å². The highest BCUT2D eigenvalue weighted by atomic mass is 16.5. The number of aryl methyl sites for hydroxylation is 1. The molecule has 0 unspecified atom stereocenters. The van der Waals surface area contributed by atoms with Crippen molar-refractivity contribution in [2.75, 3.05) is 31.1 Å². The molecule has 1 amide bonds. The Labute approximate surface area is 193 Å². The number of amides is 1. The average Bonchev–Trinajstić information content (AvgIpc) is 3.30. The molecule has 0 saturated carbocycles. The van der Waals surface area contributed by atoms with E-state index in [1.807, 2.05) is 24.1 Å². The first kappa shape index (κ1) is 21.5. The molecule has 0 aromatic carbocycles. The number of aromatic nitrogens is 5. The summed E-state index contributed by atoms with van der Waals surface area (Å²) < 4.78 is 5.58. The van der Waals surface area contributed by atoms with Gasteiger partial charge in [-0.3, -0.25) is 9.78 Å². The number of hydrogen-bond acceptors (Lipinski definition) is 8.